The standard InChI is InChI=1S/C66H58N6O8/c1-2-16-64-63(15-1)77-37-33-73-29-31-75-35-39-79-65-45-53(49-21-17-47(18-22-49)51-41-59(55-11-3-7-25-67-55)71-60(42-51)56-12-4-8-26-68-56)54(46-66(65)80-40-36-76-32-30-74-34-38-78-64)50-23-19-48(20-24-50)52-43-61(57-13-5-9-27-69-57)72-62(44-52)58-14-6-10-28-70-58/h1-28,41-46H,29-40H2. The average molecular weight is 1060 g/mol. The lowest BCUT2D eigenvalue weighted by atomic mass is 9.91. The summed E-state index contributed by atoms with van der Waals surface area (Å²) in [7, 11) is 0. The molecule has 0 unspecified atom stereocenters. The van der Waals surface area contributed by atoms with Gasteiger partial charge in [0, 0.05) is 24.8 Å². The second-order valence-corrected chi connectivity index (χ2v) is 18.4. The summed E-state index contributed by atoms with van der Waals surface area (Å²) >= 11 is 0. The fourth-order valence-electron chi connectivity index (χ4n) is 9.10. The summed E-state index contributed by atoms with van der Waals surface area (Å²) in [5.41, 5.74) is 13.9. The molecule has 6 aromatic heterocycles. The van der Waals surface area contributed by atoms with Gasteiger partial charge in [-0.1, -0.05) is 84.9 Å². The smallest absolute Gasteiger partial charge is 0.161 e. The van der Waals surface area contributed by atoms with Crippen LogP contribution in [0.15, 0.2) is 207 Å². The first-order chi connectivity index (χ1) is 39.7. The van der Waals surface area contributed by atoms with Crippen molar-refractivity contribution >= 4 is 0 Å². The van der Waals surface area contributed by atoms with Crippen LogP contribution in [0.25, 0.3) is 90.1 Å². The van der Waals surface area contributed by atoms with Crippen LogP contribution in [-0.4, -0.2) is 109 Å². The minimum atomic E-state index is 0.267. The summed E-state index contributed by atoms with van der Waals surface area (Å²) < 4.78 is 48.7. The molecule has 0 saturated carbocycles. The van der Waals surface area contributed by atoms with Gasteiger partial charge in [0.15, 0.2) is 23.0 Å². The zero-order valence-corrected chi connectivity index (χ0v) is 44.1. The van der Waals surface area contributed by atoms with Gasteiger partial charge in [-0.3, -0.25) is 19.9 Å². The number of pyridine rings is 6. The fourth-order valence-corrected chi connectivity index (χ4v) is 9.10. The highest BCUT2D eigenvalue weighted by Crippen LogP contribution is 2.43. The summed E-state index contributed by atoms with van der Waals surface area (Å²) in [6.45, 7) is 4.25. The van der Waals surface area contributed by atoms with E-state index in [2.05, 4.69) is 105 Å². The van der Waals surface area contributed by atoms with Crippen molar-refractivity contribution in [3.8, 4) is 113 Å². The van der Waals surface area contributed by atoms with Gasteiger partial charge in [-0.15, -0.1) is 0 Å². The van der Waals surface area contributed by atoms with Crippen LogP contribution in [0, 0.1) is 0 Å². The van der Waals surface area contributed by atoms with E-state index in [4.69, 9.17) is 47.9 Å². The minimum absolute atomic E-state index is 0.267. The van der Waals surface area contributed by atoms with Crippen molar-refractivity contribution in [2.75, 3.05) is 79.3 Å². The van der Waals surface area contributed by atoms with E-state index in [1.54, 1.807) is 24.8 Å². The van der Waals surface area contributed by atoms with Crippen LogP contribution in [0.3, 0.4) is 0 Å². The Hall–Kier alpha value is -9.18. The fraction of sp³-hybridized carbons (Fsp3) is 0.182. The number of hydrogen-bond acceptors (Lipinski definition) is 14. The Balaban J connectivity index is 0.923. The molecule has 1 aliphatic rings. The highest BCUT2D eigenvalue weighted by atomic mass is 16.6. The van der Waals surface area contributed by atoms with Crippen molar-refractivity contribution in [2.45, 2.75) is 0 Å². The lowest BCUT2D eigenvalue weighted by molar-refractivity contribution is 0.0223. The number of aromatic nitrogens is 6. The van der Waals surface area contributed by atoms with Gasteiger partial charge < -0.3 is 37.9 Å². The largest absolute Gasteiger partial charge is 0.487 e. The molecule has 1 aliphatic heterocycles. The third-order valence-electron chi connectivity index (χ3n) is 13.0. The number of benzene rings is 4. The van der Waals surface area contributed by atoms with Crippen LogP contribution in [0.4, 0.5) is 0 Å². The van der Waals surface area contributed by atoms with Gasteiger partial charge >= 0.3 is 0 Å². The summed E-state index contributed by atoms with van der Waals surface area (Å²) in [5, 5.41) is 0. The molecule has 4 aromatic carbocycles. The molecule has 0 N–H and O–H groups in total. The molecule has 80 heavy (non-hydrogen) atoms. The first-order valence-corrected chi connectivity index (χ1v) is 26.7. The highest BCUT2D eigenvalue weighted by Gasteiger charge is 2.19. The van der Waals surface area contributed by atoms with E-state index in [1.807, 2.05) is 97.1 Å². The molecule has 11 rings (SSSR count). The van der Waals surface area contributed by atoms with Crippen LogP contribution in [0.1, 0.15) is 0 Å². The number of fused-ring (bicyclic) bond motifs is 2. The monoisotopic (exact) mass is 1060 g/mol. The van der Waals surface area contributed by atoms with Gasteiger partial charge in [0.25, 0.3) is 0 Å². The summed E-state index contributed by atoms with van der Waals surface area (Å²) in [6, 6.07) is 60.4. The molecule has 400 valence electrons. The second-order valence-electron chi connectivity index (χ2n) is 18.4. The molecule has 0 radical (unpaired) electrons. The molecule has 0 aliphatic carbocycles. The Labute approximate surface area is 465 Å². The van der Waals surface area contributed by atoms with Crippen molar-refractivity contribution in [3.05, 3.63) is 207 Å². The van der Waals surface area contributed by atoms with E-state index in [1.165, 1.54) is 0 Å². The maximum atomic E-state index is 6.57. The molecule has 10 aromatic rings. The molecule has 14 nitrogen and oxygen atoms in total. The second kappa shape index (κ2) is 26.9. The number of ether oxygens (including phenoxy) is 8. The number of nitrogens with zero attached hydrogens (tertiary/aromatic N) is 6. The Kier molecular flexibility index (Phi) is 17.8. The normalized spacial score (nSPS) is 14.1. The highest BCUT2D eigenvalue weighted by molar-refractivity contribution is 5.88. The number of hydrogen-bond donors (Lipinski definition) is 0. The van der Waals surface area contributed by atoms with Crippen molar-refractivity contribution in [1.29, 1.82) is 0 Å². The third kappa shape index (κ3) is 13.7. The van der Waals surface area contributed by atoms with Gasteiger partial charge in [0.2, 0.25) is 0 Å². The van der Waals surface area contributed by atoms with Crippen molar-refractivity contribution in [2.24, 2.45) is 0 Å². The lowest BCUT2D eigenvalue weighted by Gasteiger charge is -2.19. The summed E-state index contributed by atoms with van der Waals surface area (Å²) in [4.78, 5) is 28.6. The van der Waals surface area contributed by atoms with E-state index in [0.29, 0.717) is 89.1 Å². The maximum Gasteiger partial charge on any atom is 0.161 e. The average Bonchev–Trinajstić information content (AvgIpc) is 3.58. The molecule has 7 heterocycles. The molecule has 0 spiro atoms. The van der Waals surface area contributed by atoms with Crippen LogP contribution in [0.2, 0.25) is 0 Å². The maximum absolute atomic E-state index is 6.57. The van der Waals surface area contributed by atoms with Crippen LogP contribution < -0.4 is 18.9 Å². The zero-order valence-electron chi connectivity index (χ0n) is 44.1. The van der Waals surface area contributed by atoms with Crippen molar-refractivity contribution < 1.29 is 37.9 Å². The molecule has 0 amide bonds. The Bertz CT molecular complexity index is 3210. The predicted octanol–water partition coefficient (Wildman–Crippen LogP) is 12.7. The molecule has 0 saturated heterocycles. The van der Waals surface area contributed by atoms with Gasteiger partial charge in [0.05, 0.1) is 98.4 Å². The minimum Gasteiger partial charge on any atom is -0.487 e. The third-order valence-corrected chi connectivity index (χ3v) is 13.0. The quantitative estimate of drug-likeness (QED) is 0.142. The van der Waals surface area contributed by atoms with E-state index >= 15 is 0 Å². The topological polar surface area (TPSA) is 151 Å². The summed E-state index contributed by atoms with van der Waals surface area (Å²) in [5.74, 6) is 2.43. The van der Waals surface area contributed by atoms with Gasteiger partial charge in [-0.2, -0.15) is 0 Å². The predicted molar refractivity (Wildman–Crippen MR) is 308 cm³/mol. The Morgan fingerprint density at radius 1 is 0.225 bits per heavy atom. The van der Waals surface area contributed by atoms with Crippen molar-refractivity contribution in [1.82, 2.24) is 29.9 Å². The first kappa shape index (κ1) is 52.9. The lowest BCUT2D eigenvalue weighted by Crippen LogP contribution is -2.15. The van der Waals surface area contributed by atoms with E-state index < -0.39 is 0 Å². The van der Waals surface area contributed by atoms with E-state index in [-0.39, 0.29) is 13.2 Å². The molecule has 0 bridgehead atoms. The molecule has 14 heteroatoms. The van der Waals surface area contributed by atoms with Crippen LogP contribution >= 0.6 is 0 Å². The number of rotatable bonds is 8. The van der Waals surface area contributed by atoms with Crippen LogP contribution in [0.5, 0.6) is 23.0 Å². The molecular weight excluding hydrogens is 1000 g/mol. The van der Waals surface area contributed by atoms with Gasteiger partial charge in [-0.05, 0) is 142 Å². The first-order valence-electron chi connectivity index (χ1n) is 26.7. The molecular formula is C66H58N6O8. The van der Waals surface area contributed by atoms with Gasteiger partial charge in [0.1, 0.15) is 26.4 Å². The Morgan fingerprint density at radius 3 is 0.800 bits per heavy atom. The van der Waals surface area contributed by atoms with Gasteiger partial charge in [-0.25, -0.2) is 9.97 Å². The Morgan fingerprint density at radius 2 is 0.500 bits per heavy atom. The van der Waals surface area contributed by atoms with E-state index in [9.17, 15) is 0 Å². The molecule has 0 atom stereocenters. The summed E-state index contributed by atoms with van der Waals surface area (Å²) in [6.07, 6.45) is 7.12. The molecule has 0 fully saturated rings. The number of para-hydroxylation sites is 2. The van der Waals surface area contributed by atoms with E-state index in [0.717, 1.165) is 90.1 Å². The zero-order chi connectivity index (χ0) is 54.0. The van der Waals surface area contributed by atoms with Crippen molar-refractivity contribution in [3.63, 3.8) is 0 Å². The van der Waals surface area contributed by atoms with Crippen LogP contribution in [-0.2, 0) is 18.9 Å². The SMILES string of the molecule is c1ccc(-c2cc(-c3ccc(-c4cc5c(cc4-c4ccc(-c6cc(-c7ccccn7)nc(-c7ccccn7)c6)cc4)OCCOCCOCCOc4ccccc4OCCOCCOCCO5)cc3)cc(-c3ccccn3)n2)nc1.